The third-order valence-electron chi connectivity index (χ3n) is 5.73. The molecule has 2 heterocycles. The minimum atomic E-state index is -0.689. The van der Waals surface area contributed by atoms with Crippen LogP contribution in [-0.2, 0) is 4.79 Å². The molecule has 35 heavy (non-hydrogen) atoms. The maximum absolute atomic E-state index is 12.3. The highest BCUT2D eigenvalue weighted by Crippen LogP contribution is 2.33. The second-order valence-corrected chi connectivity index (χ2v) is 8.48. The van der Waals surface area contributed by atoms with E-state index in [0.29, 0.717) is 40.9 Å². The number of aromatic nitrogens is 2. The van der Waals surface area contributed by atoms with Crippen molar-refractivity contribution in [1.82, 2.24) is 14.7 Å². The monoisotopic (exact) mass is 490 g/mol. The Balaban J connectivity index is 1.60. The van der Waals surface area contributed by atoms with E-state index in [9.17, 15) is 9.59 Å². The molecule has 1 aromatic heterocycles. The minimum absolute atomic E-state index is 0.129. The number of amides is 2. The largest absolute Gasteiger partial charge is 0.457 e. The summed E-state index contributed by atoms with van der Waals surface area (Å²) >= 11 is 5.91. The van der Waals surface area contributed by atoms with Crippen LogP contribution in [-0.4, -0.2) is 39.6 Å². The van der Waals surface area contributed by atoms with Crippen molar-refractivity contribution in [2.45, 2.75) is 18.9 Å². The molecule has 3 aromatic rings. The minimum Gasteiger partial charge on any atom is -0.457 e. The molecule has 1 atom stereocenters. The van der Waals surface area contributed by atoms with Crippen LogP contribution in [0.2, 0.25) is 5.02 Å². The quantitative estimate of drug-likeness (QED) is 0.396. The zero-order chi connectivity index (χ0) is 24.9. The number of piperidine rings is 1. The van der Waals surface area contributed by atoms with E-state index in [0.717, 1.165) is 18.9 Å². The average molecular weight is 491 g/mol. The molecule has 4 rings (SSSR count). The van der Waals surface area contributed by atoms with Gasteiger partial charge in [-0.1, -0.05) is 11.6 Å². The summed E-state index contributed by atoms with van der Waals surface area (Å²) in [5, 5.41) is 13.9. The number of primary amides is 1. The summed E-state index contributed by atoms with van der Waals surface area (Å²) in [7, 11) is 0. The third kappa shape index (κ3) is 5.28. The van der Waals surface area contributed by atoms with E-state index < -0.39 is 5.91 Å². The number of rotatable bonds is 6. The molecule has 0 unspecified atom stereocenters. The summed E-state index contributed by atoms with van der Waals surface area (Å²) in [5.74, 6) is 0.436. The Bertz CT molecular complexity index is 1310. The molecule has 9 nitrogen and oxygen atoms in total. The second kappa shape index (κ2) is 10.3. The summed E-state index contributed by atoms with van der Waals surface area (Å²) < 4.78 is 7.39. The predicted molar refractivity (Wildman–Crippen MR) is 132 cm³/mol. The van der Waals surface area contributed by atoms with E-state index in [4.69, 9.17) is 33.1 Å². The Labute approximate surface area is 207 Å². The lowest BCUT2D eigenvalue weighted by atomic mass is 10.1. The van der Waals surface area contributed by atoms with Crippen molar-refractivity contribution < 1.29 is 14.3 Å². The Kier molecular flexibility index (Phi) is 7.03. The molecule has 1 saturated heterocycles. The van der Waals surface area contributed by atoms with Crippen LogP contribution in [0.5, 0.6) is 11.5 Å². The number of allylic oxidation sites excluding steroid dienone is 1. The first-order chi connectivity index (χ1) is 16.9. The number of hydrogen-bond acceptors (Lipinski definition) is 6. The Hall–Kier alpha value is -4.29. The number of nitrogens with zero attached hydrogens (tertiary/aromatic N) is 4. The van der Waals surface area contributed by atoms with E-state index in [2.05, 4.69) is 5.10 Å². The van der Waals surface area contributed by atoms with Crippen molar-refractivity contribution >= 4 is 29.2 Å². The molecule has 0 saturated carbocycles. The van der Waals surface area contributed by atoms with E-state index in [1.807, 2.05) is 6.07 Å². The van der Waals surface area contributed by atoms with Gasteiger partial charge in [-0.05, 0) is 61.4 Å². The van der Waals surface area contributed by atoms with Gasteiger partial charge < -0.3 is 21.1 Å². The number of likely N-dealkylation sites (tertiary alicyclic amines) is 1. The molecule has 10 heteroatoms. The molecule has 0 aliphatic carbocycles. The van der Waals surface area contributed by atoms with Gasteiger partial charge in [0.2, 0.25) is 5.91 Å². The standard InChI is InChI=1S/C25H23ClN6O3/c26-17-7-11-20(12-8-17)35-19-9-5-16(6-10-19)23-22(25(29)34)24(28)32(30-23)18-3-2-14-31(15-18)21(33)4-1-13-27/h1,4-12,18H,2-3,14-15,28H2,(H2,29,34)/t18-/m1/s1. The van der Waals surface area contributed by atoms with Crippen molar-refractivity contribution in [2.24, 2.45) is 5.73 Å². The average Bonchev–Trinajstić information content (AvgIpc) is 3.21. The van der Waals surface area contributed by atoms with Gasteiger partial charge in [-0.25, -0.2) is 4.68 Å². The number of nitrogens with two attached hydrogens (primary N) is 2. The topological polar surface area (TPSA) is 140 Å². The molecule has 1 fully saturated rings. The fourth-order valence-corrected chi connectivity index (χ4v) is 4.18. The number of carbonyl (C=O) groups excluding carboxylic acids is 2. The lowest BCUT2D eigenvalue weighted by Gasteiger charge is -2.32. The van der Waals surface area contributed by atoms with Gasteiger partial charge in [-0.3, -0.25) is 9.59 Å². The third-order valence-corrected chi connectivity index (χ3v) is 5.98. The highest BCUT2D eigenvalue weighted by molar-refractivity contribution is 6.30. The van der Waals surface area contributed by atoms with Gasteiger partial charge >= 0.3 is 0 Å². The first-order valence-electron chi connectivity index (χ1n) is 10.9. The second-order valence-electron chi connectivity index (χ2n) is 8.04. The summed E-state index contributed by atoms with van der Waals surface area (Å²) in [6, 6.07) is 15.6. The lowest BCUT2D eigenvalue weighted by molar-refractivity contribution is -0.127. The van der Waals surface area contributed by atoms with E-state index in [-0.39, 0.29) is 23.3 Å². The van der Waals surface area contributed by atoms with Crippen molar-refractivity contribution in [3.63, 3.8) is 0 Å². The summed E-state index contributed by atoms with van der Waals surface area (Å²) in [5.41, 5.74) is 13.1. The van der Waals surface area contributed by atoms with Crippen LogP contribution in [0.25, 0.3) is 11.3 Å². The first kappa shape index (κ1) is 23.9. The number of ether oxygens (including phenoxy) is 1. The number of anilines is 1. The Morgan fingerprint density at radius 2 is 1.80 bits per heavy atom. The van der Waals surface area contributed by atoms with Crippen LogP contribution in [0, 0.1) is 11.3 Å². The van der Waals surface area contributed by atoms with Crippen molar-refractivity contribution in [3.05, 3.63) is 71.3 Å². The number of nitrogen functional groups attached to an aromatic ring is 1. The van der Waals surface area contributed by atoms with Gasteiger partial charge in [-0.15, -0.1) is 0 Å². The van der Waals surface area contributed by atoms with Gasteiger partial charge in [0.25, 0.3) is 5.91 Å². The molecule has 0 spiro atoms. The molecular formula is C25H23ClN6O3. The highest BCUT2D eigenvalue weighted by Gasteiger charge is 2.29. The van der Waals surface area contributed by atoms with E-state index in [1.54, 1.807) is 58.1 Å². The van der Waals surface area contributed by atoms with Gasteiger partial charge in [-0.2, -0.15) is 10.4 Å². The van der Waals surface area contributed by atoms with Crippen molar-refractivity contribution in [2.75, 3.05) is 18.8 Å². The normalized spacial score (nSPS) is 15.7. The van der Waals surface area contributed by atoms with Crippen LogP contribution < -0.4 is 16.2 Å². The molecule has 2 aromatic carbocycles. The number of carbonyl (C=O) groups is 2. The molecular weight excluding hydrogens is 468 g/mol. The SMILES string of the molecule is N#CC=CC(=O)N1CCC[C@@H](n2nc(-c3ccc(Oc4ccc(Cl)cc4)cc3)c(C(N)=O)c2N)C1. The zero-order valence-electron chi connectivity index (χ0n) is 18.7. The van der Waals surface area contributed by atoms with Gasteiger partial charge in [0.05, 0.1) is 12.1 Å². The van der Waals surface area contributed by atoms with Crippen LogP contribution in [0.3, 0.4) is 0 Å². The molecule has 0 bridgehead atoms. The highest BCUT2D eigenvalue weighted by atomic mass is 35.5. The van der Waals surface area contributed by atoms with Crippen LogP contribution in [0.1, 0.15) is 29.2 Å². The Morgan fingerprint density at radius 1 is 1.14 bits per heavy atom. The van der Waals surface area contributed by atoms with Gasteiger partial charge in [0.15, 0.2) is 0 Å². The molecule has 1 aliphatic rings. The number of halogens is 1. The Morgan fingerprint density at radius 3 is 2.43 bits per heavy atom. The van der Waals surface area contributed by atoms with E-state index >= 15 is 0 Å². The molecule has 0 radical (unpaired) electrons. The number of nitriles is 1. The van der Waals surface area contributed by atoms with Gasteiger partial charge in [0, 0.05) is 35.8 Å². The maximum atomic E-state index is 12.3. The fourth-order valence-electron chi connectivity index (χ4n) is 4.06. The number of benzene rings is 2. The molecule has 2 amide bonds. The molecule has 178 valence electrons. The van der Waals surface area contributed by atoms with E-state index in [1.165, 1.54) is 6.08 Å². The zero-order valence-corrected chi connectivity index (χ0v) is 19.5. The maximum Gasteiger partial charge on any atom is 0.254 e. The first-order valence-corrected chi connectivity index (χ1v) is 11.3. The summed E-state index contributed by atoms with van der Waals surface area (Å²) in [4.78, 5) is 26.3. The number of hydrogen-bond donors (Lipinski definition) is 2. The van der Waals surface area contributed by atoms with Crippen LogP contribution in [0.15, 0.2) is 60.7 Å². The summed E-state index contributed by atoms with van der Waals surface area (Å²) in [6.45, 7) is 0.920. The van der Waals surface area contributed by atoms with Crippen LogP contribution in [0.4, 0.5) is 5.82 Å². The van der Waals surface area contributed by atoms with Crippen molar-refractivity contribution in [3.8, 4) is 28.8 Å². The van der Waals surface area contributed by atoms with Crippen molar-refractivity contribution in [1.29, 1.82) is 5.26 Å². The molecule has 4 N–H and O–H groups in total. The predicted octanol–water partition coefficient (Wildman–Crippen LogP) is 3.92. The molecule has 1 aliphatic heterocycles. The lowest BCUT2D eigenvalue weighted by Crippen LogP contribution is -2.40. The van der Waals surface area contributed by atoms with Gasteiger partial charge in [0.1, 0.15) is 28.6 Å². The fraction of sp³-hybridized carbons (Fsp3) is 0.200. The smallest absolute Gasteiger partial charge is 0.254 e. The van der Waals surface area contributed by atoms with Crippen LogP contribution >= 0.6 is 11.6 Å². The summed E-state index contributed by atoms with van der Waals surface area (Å²) in [6.07, 6.45) is 3.85.